The average molecular weight is 433 g/mol. The van der Waals surface area contributed by atoms with Crippen molar-refractivity contribution in [2.75, 3.05) is 5.32 Å². The van der Waals surface area contributed by atoms with E-state index in [-0.39, 0.29) is 24.2 Å². The topological polar surface area (TPSA) is 81.8 Å². The van der Waals surface area contributed by atoms with Crippen molar-refractivity contribution in [3.63, 3.8) is 0 Å². The van der Waals surface area contributed by atoms with Gasteiger partial charge in [0.1, 0.15) is 17.9 Å². The van der Waals surface area contributed by atoms with Crippen molar-refractivity contribution in [1.82, 2.24) is 19.6 Å². The van der Waals surface area contributed by atoms with E-state index in [2.05, 4.69) is 15.5 Å². The number of carbonyl (C=O) groups is 1. The van der Waals surface area contributed by atoms with Gasteiger partial charge in [0.25, 0.3) is 5.56 Å². The van der Waals surface area contributed by atoms with Crippen LogP contribution in [0.5, 0.6) is 0 Å². The van der Waals surface area contributed by atoms with Crippen LogP contribution in [0.4, 0.5) is 10.1 Å². The first kappa shape index (κ1) is 21.4. The SMILES string of the molecule is Cc1cccc(NC(=O)Cn2nc(C(C)C)c3cnn(-c4ccc(F)cc4)c3c2=O)c1C. The summed E-state index contributed by atoms with van der Waals surface area (Å²) in [4.78, 5) is 26.1. The van der Waals surface area contributed by atoms with E-state index < -0.39 is 5.56 Å². The largest absolute Gasteiger partial charge is 0.324 e. The summed E-state index contributed by atoms with van der Waals surface area (Å²) in [5.41, 5.74) is 3.79. The average Bonchev–Trinajstić information content (AvgIpc) is 3.19. The quantitative estimate of drug-likeness (QED) is 0.514. The molecule has 2 aromatic carbocycles. The van der Waals surface area contributed by atoms with E-state index in [1.807, 2.05) is 45.9 Å². The number of aromatic nitrogens is 4. The van der Waals surface area contributed by atoms with Gasteiger partial charge >= 0.3 is 0 Å². The number of nitrogens with one attached hydrogen (secondary N) is 1. The third-order valence-corrected chi connectivity index (χ3v) is 5.50. The lowest BCUT2D eigenvalue weighted by atomic mass is 10.1. The smallest absolute Gasteiger partial charge is 0.293 e. The Labute approximate surface area is 184 Å². The van der Waals surface area contributed by atoms with Crippen molar-refractivity contribution in [1.29, 1.82) is 0 Å². The highest BCUT2D eigenvalue weighted by atomic mass is 19.1. The highest BCUT2D eigenvalue weighted by molar-refractivity contribution is 5.91. The summed E-state index contributed by atoms with van der Waals surface area (Å²) in [5, 5.41) is 12.3. The number of fused-ring (bicyclic) bond motifs is 1. The molecule has 4 rings (SSSR count). The van der Waals surface area contributed by atoms with Crippen LogP contribution in [0.1, 0.15) is 36.6 Å². The summed E-state index contributed by atoms with van der Waals surface area (Å²) in [7, 11) is 0. The van der Waals surface area contributed by atoms with Gasteiger partial charge in [0, 0.05) is 11.1 Å². The van der Waals surface area contributed by atoms with Crippen molar-refractivity contribution in [2.24, 2.45) is 0 Å². The molecule has 7 nitrogen and oxygen atoms in total. The zero-order valence-electron chi connectivity index (χ0n) is 18.4. The van der Waals surface area contributed by atoms with Gasteiger partial charge in [0.15, 0.2) is 0 Å². The molecule has 0 aliphatic rings. The van der Waals surface area contributed by atoms with E-state index in [4.69, 9.17) is 0 Å². The molecule has 1 amide bonds. The van der Waals surface area contributed by atoms with Gasteiger partial charge in [-0.3, -0.25) is 9.59 Å². The fourth-order valence-electron chi connectivity index (χ4n) is 3.62. The number of benzene rings is 2. The number of carbonyl (C=O) groups excluding carboxylic acids is 1. The molecule has 0 bridgehead atoms. The molecule has 1 N–H and O–H groups in total. The third kappa shape index (κ3) is 3.91. The van der Waals surface area contributed by atoms with Crippen molar-refractivity contribution in [2.45, 2.75) is 40.2 Å². The first-order chi connectivity index (χ1) is 15.3. The number of halogens is 1. The number of hydrogen-bond donors (Lipinski definition) is 1. The molecule has 2 heterocycles. The lowest BCUT2D eigenvalue weighted by molar-refractivity contribution is -0.117. The molecule has 0 radical (unpaired) electrons. The second-order valence-electron chi connectivity index (χ2n) is 8.09. The number of amides is 1. The Hall–Kier alpha value is -3.81. The van der Waals surface area contributed by atoms with Crippen molar-refractivity contribution >= 4 is 22.5 Å². The van der Waals surface area contributed by atoms with Crippen LogP contribution in [-0.4, -0.2) is 25.5 Å². The molecule has 4 aromatic rings. The minimum atomic E-state index is -0.442. The summed E-state index contributed by atoms with van der Waals surface area (Å²) in [5.74, 6) is -0.734. The van der Waals surface area contributed by atoms with E-state index >= 15 is 0 Å². The number of rotatable bonds is 5. The van der Waals surface area contributed by atoms with E-state index in [1.54, 1.807) is 18.3 Å². The molecule has 0 aliphatic carbocycles. The van der Waals surface area contributed by atoms with E-state index in [0.717, 1.165) is 11.1 Å². The van der Waals surface area contributed by atoms with Crippen LogP contribution in [0.2, 0.25) is 0 Å². The van der Waals surface area contributed by atoms with Crippen LogP contribution < -0.4 is 10.9 Å². The normalized spacial score (nSPS) is 11.3. The lowest BCUT2D eigenvalue weighted by Crippen LogP contribution is -2.31. The fourth-order valence-corrected chi connectivity index (χ4v) is 3.62. The Bertz CT molecular complexity index is 1370. The Morgan fingerprint density at radius 2 is 1.84 bits per heavy atom. The van der Waals surface area contributed by atoms with Gasteiger partial charge in [0.05, 0.1) is 17.6 Å². The van der Waals surface area contributed by atoms with Gasteiger partial charge in [0.2, 0.25) is 5.91 Å². The summed E-state index contributed by atoms with van der Waals surface area (Å²) in [6, 6.07) is 11.4. The predicted molar refractivity (Wildman–Crippen MR) is 122 cm³/mol. The maximum Gasteiger partial charge on any atom is 0.293 e. The summed E-state index contributed by atoms with van der Waals surface area (Å²) in [6.45, 7) is 7.58. The number of aryl methyl sites for hydroxylation is 1. The number of nitrogens with zero attached hydrogens (tertiary/aromatic N) is 4. The zero-order chi connectivity index (χ0) is 23.0. The van der Waals surface area contributed by atoms with Crippen LogP contribution in [0.3, 0.4) is 0 Å². The monoisotopic (exact) mass is 433 g/mol. The highest BCUT2D eigenvalue weighted by Crippen LogP contribution is 2.23. The summed E-state index contributed by atoms with van der Waals surface area (Å²) < 4.78 is 16.0. The molecule has 0 unspecified atom stereocenters. The standard InChI is InChI=1S/C24H24FN5O2/c1-14(2)22-19-12-26-30(18-10-8-17(25)9-11-18)23(19)24(32)29(28-22)13-21(31)27-20-7-5-6-15(3)16(20)4/h5-12,14H,13H2,1-4H3,(H,27,31). The van der Waals surface area contributed by atoms with Crippen LogP contribution in [0, 0.1) is 19.7 Å². The molecular weight excluding hydrogens is 409 g/mol. The molecule has 0 fully saturated rings. The first-order valence-electron chi connectivity index (χ1n) is 10.4. The minimum absolute atomic E-state index is 0.00250. The Kier molecular flexibility index (Phi) is 5.61. The number of hydrogen-bond acceptors (Lipinski definition) is 4. The molecular formula is C24H24FN5O2. The lowest BCUT2D eigenvalue weighted by Gasteiger charge is -2.13. The van der Waals surface area contributed by atoms with Crippen LogP contribution in [-0.2, 0) is 11.3 Å². The fraction of sp³-hybridized carbons (Fsp3) is 0.250. The summed E-state index contributed by atoms with van der Waals surface area (Å²) in [6.07, 6.45) is 1.59. The van der Waals surface area contributed by atoms with E-state index in [0.29, 0.717) is 28.0 Å². The van der Waals surface area contributed by atoms with E-state index in [1.165, 1.54) is 21.5 Å². The molecule has 0 saturated heterocycles. The van der Waals surface area contributed by atoms with Crippen molar-refractivity contribution in [3.05, 3.63) is 81.7 Å². The van der Waals surface area contributed by atoms with Gasteiger partial charge in [-0.25, -0.2) is 13.8 Å². The van der Waals surface area contributed by atoms with Gasteiger partial charge in [-0.15, -0.1) is 0 Å². The Balaban J connectivity index is 1.77. The first-order valence-corrected chi connectivity index (χ1v) is 10.4. The highest BCUT2D eigenvalue weighted by Gasteiger charge is 2.20. The Morgan fingerprint density at radius 3 is 2.53 bits per heavy atom. The van der Waals surface area contributed by atoms with Crippen LogP contribution >= 0.6 is 0 Å². The molecule has 0 spiro atoms. The maximum absolute atomic E-state index is 13.4. The van der Waals surface area contributed by atoms with Gasteiger partial charge < -0.3 is 5.32 Å². The van der Waals surface area contributed by atoms with Gasteiger partial charge in [-0.2, -0.15) is 10.2 Å². The van der Waals surface area contributed by atoms with Crippen LogP contribution in [0.15, 0.2) is 53.5 Å². The number of anilines is 1. The molecule has 0 aliphatic heterocycles. The van der Waals surface area contributed by atoms with Crippen molar-refractivity contribution in [3.8, 4) is 5.69 Å². The molecule has 8 heteroatoms. The van der Waals surface area contributed by atoms with E-state index in [9.17, 15) is 14.0 Å². The second-order valence-corrected chi connectivity index (χ2v) is 8.09. The minimum Gasteiger partial charge on any atom is -0.324 e. The third-order valence-electron chi connectivity index (χ3n) is 5.50. The summed E-state index contributed by atoms with van der Waals surface area (Å²) >= 11 is 0. The maximum atomic E-state index is 13.4. The molecule has 0 atom stereocenters. The zero-order valence-corrected chi connectivity index (χ0v) is 18.4. The molecule has 164 valence electrons. The second kappa shape index (κ2) is 8.37. The van der Waals surface area contributed by atoms with Gasteiger partial charge in [-0.1, -0.05) is 26.0 Å². The molecule has 2 aromatic heterocycles. The Morgan fingerprint density at radius 1 is 1.12 bits per heavy atom. The predicted octanol–water partition coefficient (Wildman–Crippen LogP) is 4.10. The van der Waals surface area contributed by atoms with Crippen molar-refractivity contribution < 1.29 is 9.18 Å². The molecule has 0 saturated carbocycles. The van der Waals surface area contributed by atoms with Gasteiger partial charge in [-0.05, 0) is 61.2 Å². The van der Waals surface area contributed by atoms with Crippen LogP contribution in [0.25, 0.3) is 16.6 Å². The molecule has 32 heavy (non-hydrogen) atoms.